The molecule has 62 valence electrons. The first-order valence-electron chi connectivity index (χ1n) is 1.53. The van der Waals surface area contributed by atoms with Crippen LogP contribution in [0, 0.1) is 0 Å². The molecule has 0 bridgehead atoms. The molecule has 0 fully saturated rings. The predicted octanol–water partition coefficient (Wildman–Crippen LogP) is 1.31. The van der Waals surface area contributed by atoms with Crippen LogP contribution >= 0.6 is 34.8 Å². The van der Waals surface area contributed by atoms with Gasteiger partial charge in [-0.15, -0.1) is 0 Å². The molecule has 0 aromatic heterocycles. The molecule has 0 aromatic rings. The summed E-state index contributed by atoms with van der Waals surface area (Å²) in [4.78, 5) is 17.7. The van der Waals surface area contributed by atoms with Crippen LogP contribution in [-0.4, -0.2) is 15.2 Å². The molecule has 0 aromatic carbocycles. The molecular formula is C2H5Cl3N2O3. The van der Waals surface area contributed by atoms with Gasteiger partial charge in [-0.1, -0.05) is 0 Å². The third-order valence-corrected chi connectivity index (χ3v) is 0. The molecule has 0 aliphatic rings. The minimum atomic E-state index is -1.36. The molecule has 0 radical (unpaired) electrons. The monoisotopic (exact) mass is 210 g/mol. The zero-order valence-electron chi connectivity index (χ0n) is 4.55. The minimum Gasteiger partial charge on any atom is -0.469 e. The van der Waals surface area contributed by atoms with Gasteiger partial charge in [0.05, 0.1) is 0 Å². The van der Waals surface area contributed by atoms with Crippen molar-refractivity contribution in [3.63, 3.8) is 0 Å². The maximum atomic E-state index is 8.98. The van der Waals surface area contributed by atoms with Gasteiger partial charge in [-0.05, 0) is 23.2 Å². The van der Waals surface area contributed by atoms with E-state index < -0.39 is 10.1 Å². The molecular weight excluding hydrogens is 206 g/mol. The van der Waals surface area contributed by atoms with Gasteiger partial charge in [0.2, 0.25) is 0 Å². The van der Waals surface area contributed by atoms with Crippen molar-refractivity contribution in [2.75, 3.05) is 0 Å². The Hall–Kier alpha value is -0.0700. The first-order valence-corrected chi connectivity index (χ1v) is 2.67. The Morgan fingerprint density at radius 2 is 1.10 bits per heavy atom. The Morgan fingerprint density at radius 3 is 1.10 bits per heavy atom. The van der Waals surface area contributed by atoms with Crippen LogP contribution < -0.4 is 11.7 Å². The van der Waals surface area contributed by atoms with Crippen LogP contribution in [0.5, 0.6) is 0 Å². The Morgan fingerprint density at radius 1 is 1.10 bits per heavy atom. The zero-order valence-corrected chi connectivity index (χ0v) is 6.82. The third kappa shape index (κ3) is 77700. The van der Waals surface area contributed by atoms with Crippen LogP contribution in [0.25, 0.3) is 0 Å². The maximum Gasteiger partial charge on any atom is 0.401 e. The molecule has 0 aliphatic carbocycles. The van der Waals surface area contributed by atoms with E-state index in [2.05, 4.69) is 46.5 Å². The summed E-state index contributed by atoms with van der Waals surface area (Å²) in [6.07, 6.45) is 0. The molecule has 5 nitrogen and oxygen atoms in total. The fourth-order valence-corrected chi connectivity index (χ4v) is 0. The Balaban J connectivity index is -0.0000000787. The second-order valence-corrected chi connectivity index (χ2v) is 1.68. The molecule has 8 heteroatoms. The summed E-state index contributed by atoms with van der Waals surface area (Å²) in [6.45, 7) is 0. The van der Waals surface area contributed by atoms with Crippen molar-refractivity contribution in [3.05, 3.63) is 0 Å². The standard InChI is InChI=1S/CCl2O.CHClO2.H4N2/c2*2-1(3)4;1-2/h;(H,3,4);1-2H2. The highest BCUT2D eigenvalue weighted by Gasteiger charge is 1.72. The summed E-state index contributed by atoms with van der Waals surface area (Å²) in [6, 6.07) is 0. The molecule has 0 unspecified atom stereocenters. The number of carboxylic acid groups (broad SMARTS) is 1. The van der Waals surface area contributed by atoms with E-state index in [1.165, 1.54) is 0 Å². The summed E-state index contributed by atoms with van der Waals surface area (Å²) in [7, 11) is 0. The third-order valence-electron chi connectivity index (χ3n) is 0. The number of hydrogen-bond acceptors (Lipinski definition) is 4. The van der Waals surface area contributed by atoms with E-state index in [1.807, 2.05) is 0 Å². The van der Waals surface area contributed by atoms with Crippen LogP contribution in [-0.2, 0) is 0 Å². The number of nitrogens with two attached hydrogens (primary N) is 2. The fraction of sp³-hybridized carbons (Fsp3) is 0. The Bertz CT molecular complexity index is 77.7. The minimum absolute atomic E-state index is 0.889. The quantitative estimate of drug-likeness (QED) is 0.318. The number of carbonyl (C=O) groups excluding carboxylic acids is 1. The van der Waals surface area contributed by atoms with E-state index in [0.717, 1.165) is 0 Å². The van der Waals surface area contributed by atoms with Crippen LogP contribution in [0.4, 0.5) is 9.59 Å². The van der Waals surface area contributed by atoms with E-state index in [9.17, 15) is 0 Å². The molecule has 0 saturated carbocycles. The lowest BCUT2D eigenvalue weighted by atomic mass is 11.6. The molecule has 10 heavy (non-hydrogen) atoms. The molecule has 0 amide bonds. The Labute approximate surface area is 71.8 Å². The van der Waals surface area contributed by atoms with Crippen molar-refractivity contribution in [1.29, 1.82) is 0 Å². The average Bonchev–Trinajstić information content (AvgIpc) is 1.66. The maximum absolute atomic E-state index is 8.98. The molecule has 0 heterocycles. The lowest BCUT2D eigenvalue weighted by Gasteiger charge is -1.55. The number of rotatable bonds is 0. The van der Waals surface area contributed by atoms with Gasteiger partial charge >= 0.3 is 10.1 Å². The van der Waals surface area contributed by atoms with Crippen LogP contribution in [0.2, 0.25) is 0 Å². The van der Waals surface area contributed by atoms with Crippen molar-refractivity contribution in [1.82, 2.24) is 0 Å². The van der Waals surface area contributed by atoms with Crippen molar-refractivity contribution >= 4 is 44.9 Å². The van der Waals surface area contributed by atoms with Crippen molar-refractivity contribution in [2.45, 2.75) is 0 Å². The summed E-state index contributed by atoms with van der Waals surface area (Å²) in [5, 5.41) is 7.18. The predicted molar refractivity (Wildman–Crippen MR) is 39.4 cm³/mol. The molecule has 0 spiro atoms. The van der Waals surface area contributed by atoms with E-state index in [1.54, 1.807) is 0 Å². The van der Waals surface area contributed by atoms with E-state index in [-0.39, 0.29) is 0 Å². The average molecular weight is 211 g/mol. The lowest BCUT2D eigenvalue weighted by molar-refractivity contribution is 0.220. The smallest absolute Gasteiger partial charge is 0.401 e. The summed E-state index contributed by atoms with van der Waals surface area (Å²) >= 11 is 13.0. The van der Waals surface area contributed by atoms with Crippen LogP contribution in [0.1, 0.15) is 0 Å². The van der Waals surface area contributed by atoms with Gasteiger partial charge < -0.3 is 5.11 Å². The Kier molecular flexibility index (Phi) is 26.3. The SMILES string of the molecule is NN.O=C(Cl)Cl.O=C(O)Cl. The van der Waals surface area contributed by atoms with E-state index >= 15 is 0 Å². The number of hydrogen-bond donors (Lipinski definition) is 3. The molecule has 0 saturated heterocycles. The summed E-state index contributed by atoms with van der Waals surface area (Å²) in [5.74, 6) is 8.00. The number of hydrazine groups is 1. The summed E-state index contributed by atoms with van der Waals surface area (Å²) < 4.78 is -0.889. The highest BCUT2D eigenvalue weighted by atomic mass is 35.5. The van der Waals surface area contributed by atoms with E-state index in [4.69, 9.17) is 14.7 Å². The zero-order chi connectivity index (χ0) is 9.15. The lowest BCUT2D eigenvalue weighted by Crippen LogP contribution is -2.02. The highest BCUT2D eigenvalue weighted by Crippen LogP contribution is 1.84. The van der Waals surface area contributed by atoms with Crippen LogP contribution in [0.3, 0.4) is 0 Å². The normalized spacial score (nSPS) is 5.70. The number of carbonyl (C=O) groups is 2. The van der Waals surface area contributed by atoms with Gasteiger partial charge in [0, 0.05) is 11.6 Å². The van der Waals surface area contributed by atoms with Gasteiger partial charge in [-0.3, -0.25) is 16.5 Å². The van der Waals surface area contributed by atoms with Crippen molar-refractivity contribution in [3.8, 4) is 0 Å². The van der Waals surface area contributed by atoms with Gasteiger partial charge in [0.15, 0.2) is 0 Å². The largest absolute Gasteiger partial charge is 0.469 e. The highest BCUT2D eigenvalue weighted by molar-refractivity contribution is 6.93. The van der Waals surface area contributed by atoms with Crippen molar-refractivity contribution < 1.29 is 14.7 Å². The first-order chi connectivity index (χ1) is 4.46. The van der Waals surface area contributed by atoms with Crippen LogP contribution in [0.15, 0.2) is 0 Å². The molecule has 0 atom stereocenters. The molecule has 5 N–H and O–H groups in total. The van der Waals surface area contributed by atoms with E-state index in [0.29, 0.717) is 0 Å². The topological polar surface area (TPSA) is 106 Å². The fourth-order valence-electron chi connectivity index (χ4n) is 0. The summed E-state index contributed by atoms with van der Waals surface area (Å²) in [5.41, 5.74) is -1.36. The van der Waals surface area contributed by atoms with Gasteiger partial charge in [-0.25, -0.2) is 4.79 Å². The molecule has 0 aliphatic heterocycles. The number of halogens is 3. The molecule has 0 rings (SSSR count). The van der Waals surface area contributed by atoms with Gasteiger partial charge in [0.25, 0.3) is 0 Å². The second-order valence-electron chi connectivity index (χ2n) is 0.479. The second kappa shape index (κ2) is 16.0. The van der Waals surface area contributed by atoms with Gasteiger partial charge in [-0.2, -0.15) is 0 Å². The first kappa shape index (κ1) is 16.5. The van der Waals surface area contributed by atoms with Crippen molar-refractivity contribution in [2.24, 2.45) is 11.7 Å². The van der Waals surface area contributed by atoms with Gasteiger partial charge in [0.1, 0.15) is 0 Å².